The van der Waals surface area contributed by atoms with E-state index in [0.29, 0.717) is 21.8 Å². The Labute approximate surface area is 78.9 Å². The average Bonchev–Trinajstić information content (AvgIpc) is 2.48. The van der Waals surface area contributed by atoms with Crippen LogP contribution in [0.25, 0.3) is 11.1 Å². The number of halogens is 1. The minimum atomic E-state index is -0.230. The van der Waals surface area contributed by atoms with Crippen molar-refractivity contribution < 1.29 is 9.52 Å². The molecular weight excluding hydrogens is 192 g/mol. The van der Waals surface area contributed by atoms with Gasteiger partial charge in [0.1, 0.15) is 12.1 Å². The fraction of sp³-hybridized carbons (Fsp3) is 0.125. The first-order valence-electron chi connectivity index (χ1n) is 3.66. The number of rotatable bonds is 1. The smallest absolute Gasteiger partial charge is 0.221 e. The molecule has 4 nitrogen and oxygen atoms in total. The molecule has 68 valence electrons. The van der Waals surface area contributed by atoms with Gasteiger partial charge >= 0.3 is 0 Å². The van der Waals surface area contributed by atoms with Crippen molar-refractivity contribution in [3.63, 3.8) is 0 Å². The molecular formula is C8H7ClN2O2. The van der Waals surface area contributed by atoms with Gasteiger partial charge in [-0.15, -0.1) is 0 Å². The fourth-order valence-electron chi connectivity index (χ4n) is 1.08. The van der Waals surface area contributed by atoms with E-state index >= 15 is 0 Å². The molecule has 0 fully saturated rings. The molecule has 5 heteroatoms. The zero-order chi connectivity index (χ0) is 9.42. The first-order valence-corrected chi connectivity index (χ1v) is 4.04. The van der Waals surface area contributed by atoms with Gasteiger partial charge < -0.3 is 15.3 Å². The van der Waals surface area contributed by atoms with Crippen LogP contribution in [0.1, 0.15) is 5.89 Å². The van der Waals surface area contributed by atoms with Crippen LogP contribution in [0.15, 0.2) is 16.5 Å². The quantitative estimate of drug-likeness (QED) is 0.682. The normalized spacial score (nSPS) is 10.9. The summed E-state index contributed by atoms with van der Waals surface area (Å²) in [7, 11) is 0. The molecule has 0 unspecified atom stereocenters. The van der Waals surface area contributed by atoms with Crippen LogP contribution in [0.3, 0.4) is 0 Å². The molecule has 0 amide bonds. The summed E-state index contributed by atoms with van der Waals surface area (Å²) >= 11 is 5.77. The van der Waals surface area contributed by atoms with E-state index in [4.69, 9.17) is 26.9 Å². The number of aliphatic hydroxyl groups excluding tert-OH is 1. The summed E-state index contributed by atoms with van der Waals surface area (Å²) in [6.07, 6.45) is 0. The zero-order valence-electron chi connectivity index (χ0n) is 6.62. The van der Waals surface area contributed by atoms with E-state index in [1.54, 1.807) is 12.1 Å². The molecule has 0 radical (unpaired) electrons. The topological polar surface area (TPSA) is 72.3 Å². The van der Waals surface area contributed by atoms with E-state index in [9.17, 15) is 0 Å². The fourth-order valence-corrected chi connectivity index (χ4v) is 1.24. The lowest BCUT2D eigenvalue weighted by atomic mass is 10.3. The van der Waals surface area contributed by atoms with Crippen molar-refractivity contribution in [3.8, 4) is 0 Å². The summed E-state index contributed by atoms with van der Waals surface area (Å²) in [5, 5.41) is 9.19. The van der Waals surface area contributed by atoms with E-state index in [1.165, 1.54) is 0 Å². The minimum absolute atomic E-state index is 0.230. The zero-order valence-corrected chi connectivity index (χ0v) is 7.38. The number of nitrogens with zero attached hydrogens (tertiary/aromatic N) is 1. The van der Waals surface area contributed by atoms with Crippen LogP contribution in [0.2, 0.25) is 5.02 Å². The van der Waals surface area contributed by atoms with Crippen LogP contribution < -0.4 is 5.73 Å². The van der Waals surface area contributed by atoms with Crippen LogP contribution in [0.5, 0.6) is 0 Å². The van der Waals surface area contributed by atoms with Gasteiger partial charge in [0.05, 0.1) is 10.7 Å². The highest BCUT2D eigenvalue weighted by Crippen LogP contribution is 2.25. The van der Waals surface area contributed by atoms with Gasteiger partial charge in [0, 0.05) is 6.07 Å². The molecule has 0 bridgehead atoms. The lowest BCUT2D eigenvalue weighted by molar-refractivity contribution is 0.244. The minimum Gasteiger partial charge on any atom is -0.438 e. The largest absolute Gasteiger partial charge is 0.438 e. The van der Waals surface area contributed by atoms with Crippen molar-refractivity contribution in [2.45, 2.75) is 6.61 Å². The molecule has 2 aromatic rings. The number of nitrogen functional groups attached to an aromatic ring is 1. The number of aliphatic hydroxyl groups is 1. The molecule has 0 aliphatic rings. The van der Waals surface area contributed by atoms with Gasteiger partial charge in [0.15, 0.2) is 5.58 Å². The van der Waals surface area contributed by atoms with Crippen molar-refractivity contribution in [1.82, 2.24) is 4.98 Å². The Bertz CT molecular complexity index is 414. The second-order valence-corrected chi connectivity index (χ2v) is 3.01. The van der Waals surface area contributed by atoms with Crippen LogP contribution in [0, 0.1) is 0 Å². The second kappa shape index (κ2) is 2.90. The summed E-state index contributed by atoms with van der Waals surface area (Å²) in [6, 6.07) is 3.19. The molecule has 0 saturated heterocycles. The predicted molar refractivity (Wildman–Crippen MR) is 49.4 cm³/mol. The Hall–Kier alpha value is -1.26. The van der Waals surface area contributed by atoms with Gasteiger partial charge in [-0.1, -0.05) is 11.6 Å². The third-order valence-electron chi connectivity index (χ3n) is 1.69. The molecule has 0 aliphatic heterocycles. The standard InChI is InChI=1S/C8H7ClN2O2/c9-4-1-6-7(2-5(4)10)13-8(3-12)11-6/h1-2,12H,3,10H2. The monoisotopic (exact) mass is 198 g/mol. The Morgan fingerprint density at radius 1 is 1.54 bits per heavy atom. The average molecular weight is 199 g/mol. The van der Waals surface area contributed by atoms with E-state index < -0.39 is 0 Å². The van der Waals surface area contributed by atoms with Crippen molar-refractivity contribution in [2.24, 2.45) is 0 Å². The van der Waals surface area contributed by atoms with Crippen molar-refractivity contribution in [2.75, 3.05) is 5.73 Å². The molecule has 1 aromatic carbocycles. The van der Waals surface area contributed by atoms with Crippen LogP contribution in [-0.4, -0.2) is 10.1 Å². The van der Waals surface area contributed by atoms with Gasteiger partial charge in [-0.3, -0.25) is 0 Å². The third-order valence-corrected chi connectivity index (χ3v) is 2.01. The Balaban J connectivity index is 2.70. The third kappa shape index (κ3) is 1.34. The molecule has 0 saturated carbocycles. The van der Waals surface area contributed by atoms with E-state index in [1.807, 2.05) is 0 Å². The lowest BCUT2D eigenvalue weighted by Gasteiger charge is -1.94. The first-order chi connectivity index (χ1) is 6.20. The summed E-state index contributed by atoms with van der Waals surface area (Å²) in [4.78, 5) is 3.98. The number of fused-ring (bicyclic) bond motifs is 1. The maximum atomic E-state index is 8.76. The van der Waals surface area contributed by atoms with Crippen LogP contribution in [-0.2, 0) is 6.61 Å². The highest BCUT2D eigenvalue weighted by molar-refractivity contribution is 6.33. The Morgan fingerprint density at radius 2 is 2.31 bits per heavy atom. The number of aromatic nitrogens is 1. The van der Waals surface area contributed by atoms with E-state index in [0.717, 1.165) is 0 Å². The number of nitrogens with two attached hydrogens (primary N) is 1. The molecule has 3 N–H and O–H groups in total. The Morgan fingerprint density at radius 3 is 3.00 bits per heavy atom. The summed E-state index contributed by atoms with van der Waals surface area (Å²) in [6.45, 7) is -0.230. The van der Waals surface area contributed by atoms with Gasteiger partial charge in [-0.2, -0.15) is 0 Å². The first kappa shape index (κ1) is 8.34. The second-order valence-electron chi connectivity index (χ2n) is 2.61. The molecule has 2 rings (SSSR count). The molecule has 13 heavy (non-hydrogen) atoms. The van der Waals surface area contributed by atoms with Crippen molar-refractivity contribution >= 4 is 28.4 Å². The number of anilines is 1. The summed E-state index contributed by atoms with van der Waals surface area (Å²) < 4.78 is 5.15. The molecule has 0 aliphatic carbocycles. The maximum absolute atomic E-state index is 8.76. The molecule has 0 atom stereocenters. The van der Waals surface area contributed by atoms with Gasteiger partial charge in [0.2, 0.25) is 5.89 Å². The molecule has 0 spiro atoms. The van der Waals surface area contributed by atoms with Crippen molar-refractivity contribution in [1.29, 1.82) is 0 Å². The summed E-state index contributed by atoms with van der Waals surface area (Å²) in [5.41, 5.74) is 7.13. The van der Waals surface area contributed by atoms with Gasteiger partial charge in [-0.25, -0.2) is 4.98 Å². The lowest BCUT2D eigenvalue weighted by Crippen LogP contribution is -1.84. The van der Waals surface area contributed by atoms with Crippen molar-refractivity contribution in [3.05, 3.63) is 23.0 Å². The van der Waals surface area contributed by atoms with Gasteiger partial charge in [0.25, 0.3) is 0 Å². The van der Waals surface area contributed by atoms with E-state index in [2.05, 4.69) is 4.98 Å². The predicted octanol–water partition coefficient (Wildman–Crippen LogP) is 1.56. The SMILES string of the molecule is Nc1cc2oc(CO)nc2cc1Cl. The summed E-state index contributed by atoms with van der Waals surface area (Å²) in [5.74, 6) is 0.261. The Kier molecular flexibility index (Phi) is 1.86. The van der Waals surface area contributed by atoms with Gasteiger partial charge in [-0.05, 0) is 6.07 Å². The van der Waals surface area contributed by atoms with E-state index in [-0.39, 0.29) is 12.5 Å². The number of hydrogen-bond donors (Lipinski definition) is 2. The molecule has 1 heterocycles. The number of oxazole rings is 1. The number of benzene rings is 1. The van der Waals surface area contributed by atoms with Crippen LogP contribution >= 0.6 is 11.6 Å². The maximum Gasteiger partial charge on any atom is 0.221 e. The molecule has 1 aromatic heterocycles. The van der Waals surface area contributed by atoms with Crippen LogP contribution in [0.4, 0.5) is 5.69 Å². The highest BCUT2D eigenvalue weighted by atomic mass is 35.5. The highest BCUT2D eigenvalue weighted by Gasteiger charge is 2.07. The number of hydrogen-bond acceptors (Lipinski definition) is 4.